The quantitative estimate of drug-likeness (QED) is 0.811. The van der Waals surface area contributed by atoms with E-state index in [4.69, 9.17) is 0 Å². The summed E-state index contributed by atoms with van der Waals surface area (Å²) in [4.78, 5) is 26.0. The molecule has 0 unspecified atom stereocenters. The summed E-state index contributed by atoms with van der Waals surface area (Å²) < 4.78 is 0. The van der Waals surface area contributed by atoms with Crippen LogP contribution in [0.5, 0.6) is 0 Å². The van der Waals surface area contributed by atoms with Crippen molar-refractivity contribution in [3.05, 3.63) is 28.8 Å². The number of hydrogen-bond acceptors (Lipinski definition) is 3. The highest BCUT2D eigenvalue weighted by atomic mass is 16.2. The van der Waals surface area contributed by atoms with Crippen LogP contribution in [0.4, 0.5) is 5.69 Å². The minimum absolute atomic E-state index is 0.0586. The molecule has 128 valence electrons. The standard InChI is InChI=1S/C18H29N3O2/c1-7-8-19-16(22)11-21(6)15(5)18(23)20-17-13(3)9-12(2)10-14(17)4/h9-10,15H,7-8,11H2,1-6H3,(H,19,22)(H,20,23)/t15-/m0/s1. The van der Waals surface area contributed by atoms with Crippen LogP contribution in [0.1, 0.15) is 37.0 Å². The van der Waals surface area contributed by atoms with E-state index >= 15 is 0 Å². The number of rotatable bonds is 7. The third kappa shape index (κ3) is 5.67. The lowest BCUT2D eigenvalue weighted by Gasteiger charge is -2.24. The molecular formula is C18H29N3O2. The van der Waals surface area contributed by atoms with E-state index in [1.165, 1.54) is 5.56 Å². The van der Waals surface area contributed by atoms with E-state index in [2.05, 4.69) is 22.8 Å². The molecule has 1 atom stereocenters. The second-order valence-electron chi connectivity index (χ2n) is 6.20. The second-order valence-corrected chi connectivity index (χ2v) is 6.20. The van der Waals surface area contributed by atoms with Crippen LogP contribution in [0.15, 0.2) is 12.1 Å². The van der Waals surface area contributed by atoms with E-state index in [9.17, 15) is 9.59 Å². The molecule has 2 N–H and O–H groups in total. The Morgan fingerprint density at radius 2 is 1.74 bits per heavy atom. The van der Waals surface area contributed by atoms with E-state index in [0.717, 1.165) is 23.2 Å². The van der Waals surface area contributed by atoms with Gasteiger partial charge in [0.1, 0.15) is 0 Å². The van der Waals surface area contributed by atoms with Crippen molar-refractivity contribution in [1.29, 1.82) is 0 Å². The molecule has 0 aromatic heterocycles. The number of amides is 2. The minimum atomic E-state index is -0.387. The lowest BCUT2D eigenvalue weighted by Crippen LogP contribution is -2.45. The average Bonchev–Trinajstić information content (AvgIpc) is 2.47. The number of aryl methyl sites for hydroxylation is 3. The van der Waals surface area contributed by atoms with Gasteiger partial charge < -0.3 is 10.6 Å². The SMILES string of the molecule is CCCNC(=O)CN(C)[C@@H](C)C(=O)Nc1c(C)cc(C)cc1C. The van der Waals surface area contributed by atoms with E-state index < -0.39 is 0 Å². The highest BCUT2D eigenvalue weighted by Gasteiger charge is 2.21. The molecule has 23 heavy (non-hydrogen) atoms. The number of benzene rings is 1. The minimum Gasteiger partial charge on any atom is -0.355 e. The fraction of sp³-hybridized carbons (Fsp3) is 0.556. The van der Waals surface area contributed by atoms with Gasteiger partial charge in [-0.25, -0.2) is 0 Å². The molecule has 0 aliphatic heterocycles. The third-order valence-electron chi connectivity index (χ3n) is 3.93. The van der Waals surface area contributed by atoms with Crippen LogP contribution in [-0.2, 0) is 9.59 Å². The molecule has 0 aliphatic carbocycles. The molecule has 0 heterocycles. The third-order valence-corrected chi connectivity index (χ3v) is 3.93. The topological polar surface area (TPSA) is 61.4 Å². The van der Waals surface area contributed by atoms with Crippen molar-refractivity contribution in [3.63, 3.8) is 0 Å². The van der Waals surface area contributed by atoms with Gasteiger partial charge in [-0.05, 0) is 52.3 Å². The molecule has 0 bridgehead atoms. The number of nitrogens with zero attached hydrogens (tertiary/aromatic N) is 1. The number of carbonyl (C=O) groups is 2. The van der Waals surface area contributed by atoms with Crippen LogP contribution in [0, 0.1) is 20.8 Å². The molecule has 2 amide bonds. The van der Waals surface area contributed by atoms with Crippen LogP contribution in [-0.4, -0.2) is 42.9 Å². The van der Waals surface area contributed by atoms with Gasteiger partial charge in [0.25, 0.3) is 0 Å². The Kier molecular flexibility index (Phi) is 7.23. The Morgan fingerprint density at radius 1 is 1.17 bits per heavy atom. The van der Waals surface area contributed by atoms with Crippen molar-refractivity contribution in [1.82, 2.24) is 10.2 Å². The molecule has 0 saturated heterocycles. The summed E-state index contributed by atoms with van der Waals surface area (Å²) >= 11 is 0. The van der Waals surface area contributed by atoms with Crippen molar-refractivity contribution < 1.29 is 9.59 Å². The van der Waals surface area contributed by atoms with Crippen molar-refractivity contribution in [3.8, 4) is 0 Å². The average molecular weight is 319 g/mol. The summed E-state index contributed by atoms with van der Waals surface area (Å²) in [7, 11) is 1.78. The molecule has 0 radical (unpaired) electrons. The molecule has 1 rings (SSSR count). The Hall–Kier alpha value is -1.88. The van der Waals surface area contributed by atoms with Gasteiger partial charge in [-0.1, -0.05) is 24.6 Å². The molecule has 0 aliphatic rings. The van der Waals surface area contributed by atoms with Crippen molar-refractivity contribution >= 4 is 17.5 Å². The summed E-state index contributed by atoms with van der Waals surface area (Å²) in [6.07, 6.45) is 0.900. The molecule has 0 spiro atoms. The zero-order valence-corrected chi connectivity index (χ0v) is 15.1. The predicted molar refractivity (Wildman–Crippen MR) is 94.7 cm³/mol. The van der Waals surface area contributed by atoms with Gasteiger partial charge in [0.05, 0.1) is 12.6 Å². The summed E-state index contributed by atoms with van der Waals surface area (Å²) in [5.74, 6) is -0.164. The second kappa shape index (κ2) is 8.67. The summed E-state index contributed by atoms with van der Waals surface area (Å²) in [6, 6.07) is 3.71. The van der Waals surface area contributed by atoms with Gasteiger partial charge in [-0.3, -0.25) is 14.5 Å². The largest absolute Gasteiger partial charge is 0.355 e. The normalized spacial score (nSPS) is 12.1. The fourth-order valence-electron chi connectivity index (χ4n) is 2.49. The molecule has 1 aromatic carbocycles. The molecule has 5 nitrogen and oxygen atoms in total. The first-order valence-electron chi connectivity index (χ1n) is 8.11. The van der Waals surface area contributed by atoms with E-state index in [0.29, 0.717) is 6.54 Å². The first-order chi connectivity index (χ1) is 10.8. The van der Waals surface area contributed by atoms with Crippen LogP contribution in [0.3, 0.4) is 0 Å². The molecule has 0 saturated carbocycles. The van der Waals surface area contributed by atoms with Crippen molar-refractivity contribution in [2.45, 2.75) is 47.1 Å². The highest BCUT2D eigenvalue weighted by molar-refractivity contribution is 5.96. The number of carbonyl (C=O) groups excluding carboxylic acids is 2. The smallest absolute Gasteiger partial charge is 0.241 e. The van der Waals surface area contributed by atoms with Gasteiger partial charge in [-0.2, -0.15) is 0 Å². The summed E-state index contributed by atoms with van der Waals surface area (Å²) in [6.45, 7) is 10.7. The van der Waals surface area contributed by atoms with Crippen LogP contribution in [0.2, 0.25) is 0 Å². The number of likely N-dealkylation sites (N-methyl/N-ethyl adjacent to an activating group) is 1. The summed E-state index contributed by atoms with van der Waals surface area (Å²) in [5, 5.41) is 5.81. The van der Waals surface area contributed by atoms with E-state index in [-0.39, 0.29) is 24.4 Å². The zero-order valence-electron chi connectivity index (χ0n) is 15.1. The first-order valence-corrected chi connectivity index (χ1v) is 8.11. The Balaban J connectivity index is 2.68. The Labute approximate surface area is 139 Å². The first kappa shape index (κ1) is 19.2. The van der Waals surface area contributed by atoms with Gasteiger partial charge in [0.15, 0.2) is 0 Å². The number of hydrogen-bond donors (Lipinski definition) is 2. The van der Waals surface area contributed by atoms with Crippen molar-refractivity contribution in [2.24, 2.45) is 0 Å². The van der Waals surface area contributed by atoms with Gasteiger partial charge in [0, 0.05) is 12.2 Å². The van der Waals surface area contributed by atoms with Gasteiger partial charge in [0.2, 0.25) is 11.8 Å². The van der Waals surface area contributed by atoms with Crippen LogP contribution >= 0.6 is 0 Å². The Morgan fingerprint density at radius 3 is 2.26 bits per heavy atom. The van der Waals surface area contributed by atoms with E-state index in [1.54, 1.807) is 18.9 Å². The highest BCUT2D eigenvalue weighted by Crippen LogP contribution is 2.22. The maximum Gasteiger partial charge on any atom is 0.241 e. The van der Waals surface area contributed by atoms with Crippen LogP contribution < -0.4 is 10.6 Å². The maximum absolute atomic E-state index is 12.5. The van der Waals surface area contributed by atoms with Gasteiger partial charge in [-0.15, -0.1) is 0 Å². The molecular weight excluding hydrogens is 290 g/mol. The molecule has 1 aromatic rings. The monoisotopic (exact) mass is 319 g/mol. The number of anilines is 1. The van der Waals surface area contributed by atoms with E-state index in [1.807, 2.05) is 27.7 Å². The summed E-state index contributed by atoms with van der Waals surface area (Å²) in [5.41, 5.74) is 4.13. The predicted octanol–water partition coefficient (Wildman–Crippen LogP) is 2.40. The van der Waals surface area contributed by atoms with Crippen LogP contribution in [0.25, 0.3) is 0 Å². The molecule has 5 heteroatoms. The Bertz CT molecular complexity index is 546. The lowest BCUT2D eigenvalue weighted by atomic mass is 10.0. The number of nitrogens with one attached hydrogen (secondary N) is 2. The zero-order chi connectivity index (χ0) is 17.6. The fourth-order valence-corrected chi connectivity index (χ4v) is 2.49. The molecule has 0 fully saturated rings. The van der Waals surface area contributed by atoms with Crippen molar-refractivity contribution in [2.75, 3.05) is 25.5 Å². The lowest BCUT2D eigenvalue weighted by molar-refractivity contribution is -0.124. The van der Waals surface area contributed by atoms with Gasteiger partial charge >= 0.3 is 0 Å². The maximum atomic E-state index is 12.5.